The van der Waals surface area contributed by atoms with Crippen LogP contribution in [0.15, 0.2) is 4.79 Å². The highest BCUT2D eigenvalue weighted by Crippen LogP contribution is 2.28. The van der Waals surface area contributed by atoms with Gasteiger partial charge in [-0.15, -0.1) is 11.3 Å². The van der Waals surface area contributed by atoms with Gasteiger partial charge in [0, 0.05) is 44.1 Å². The van der Waals surface area contributed by atoms with Gasteiger partial charge in [0.25, 0.3) is 15.8 Å². The van der Waals surface area contributed by atoms with Crippen molar-refractivity contribution in [2.75, 3.05) is 39.3 Å². The summed E-state index contributed by atoms with van der Waals surface area (Å²) < 4.78 is 29.4. The second kappa shape index (κ2) is 8.66. The predicted molar refractivity (Wildman–Crippen MR) is 120 cm³/mol. The molecule has 2 aromatic rings. The fraction of sp³-hybridized carbons (Fsp3) is 0.700. The van der Waals surface area contributed by atoms with E-state index in [1.165, 1.54) is 0 Å². The minimum atomic E-state index is -3.39. The molecule has 2 aromatic heterocycles. The lowest BCUT2D eigenvalue weighted by Crippen LogP contribution is -2.53. The molecule has 0 bridgehead atoms. The van der Waals surface area contributed by atoms with Crippen molar-refractivity contribution in [3.8, 4) is 0 Å². The van der Waals surface area contributed by atoms with Crippen LogP contribution in [0.1, 0.15) is 54.9 Å². The minimum Gasteiger partial charge on any atom is -0.309 e. The molecule has 2 aliphatic heterocycles. The SMILES string of the molecule is Cc1sc2nc(C(C)N3CCN(S(=O)(=O)N4CCCCCC4)CC3)[nH]c(=O)c2c1C. The van der Waals surface area contributed by atoms with Crippen LogP contribution in [0.5, 0.6) is 0 Å². The van der Waals surface area contributed by atoms with E-state index in [2.05, 4.69) is 9.88 Å². The van der Waals surface area contributed by atoms with E-state index in [1.807, 2.05) is 20.8 Å². The summed E-state index contributed by atoms with van der Waals surface area (Å²) in [6.07, 6.45) is 4.10. The fourth-order valence-corrected chi connectivity index (χ4v) is 7.11. The van der Waals surface area contributed by atoms with Gasteiger partial charge in [0.15, 0.2) is 0 Å². The number of aromatic nitrogens is 2. The Hall–Kier alpha value is -1.33. The van der Waals surface area contributed by atoms with Gasteiger partial charge in [-0.1, -0.05) is 12.8 Å². The summed E-state index contributed by atoms with van der Waals surface area (Å²) in [5, 5.41) is 0.682. The van der Waals surface area contributed by atoms with Crippen LogP contribution in [-0.4, -0.2) is 71.2 Å². The molecule has 0 spiro atoms. The van der Waals surface area contributed by atoms with Crippen LogP contribution in [0.3, 0.4) is 0 Å². The Labute approximate surface area is 182 Å². The maximum absolute atomic E-state index is 13.0. The van der Waals surface area contributed by atoms with Crippen LogP contribution >= 0.6 is 11.3 Å². The van der Waals surface area contributed by atoms with E-state index in [1.54, 1.807) is 19.9 Å². The summed E-state index contributed by atoms with van der Waals surface area (Å²) in [7, 11) is -3.39. The van der Waals surface area contributed by atoms with Crippen molar-refractivity contribution in [2.45, 2.75) is 52.5 Å². The third-order valence-corrected chi connectivity index (χ3v) is 9.63. The van der Waals surface area contributed by atoms with Crippen LogP contribution in [0.4, 0.5) is 0 Å². The van der Waals surface area contributed by atoms with Gasteiger partial charge in [-0.25, -0.2) is 4.98 Å². The van der Waals surface area contributed by atoms with Crippen LogP contribution in [0.25, 0.3) is 10.2 Å². The Morgan fingerprint density at radius 1 is 0.967 bits per heavy atom. The summed E-state index contributed by atoms with van der Waals surface area (Å²) in [5.41, 5.74) is 0.904. The lowest BCUT2D eigenvalue weighted by molar-refractivity contribution is 0.137. The molecule has 2 aliphatic rings. The Balaban J connectivity index is 1.46. The molecule has 4 rings (SSSR count). The Morgan fingerprint density at radius 3 is 2.20 bits per heavy atom. The maximum Gasteiger partial charge on any atom is 0.282 e. The van der Waals surface area contributed by atoms with E-state index < -0.39 is 10.2 Å². The molecule has 0 radical (unpaired) electrons. The lowest BCUT2D eigenvalue weighted by Gasteiger charge is -2.38. The molecule has 8 nitrogen and oxygen atoms in total. The second-order valence-electron chi connectivity index (χ2n) is 8.35. The Bertz CT molecular complexity index is 1060. The molecule has 1 N–H and O–H groups in total. The molecule has 2 saturated heterocycles. The van der Waals surface area contributed by atoms with Crippen LogP contribution in [0, 0.1) is 13.8 Å². The summed E-state index contributed by atoms with van der Waals surface area (Å²) >= 11 is 1.55. The van der Waals surface area contributed by atoms with Crippen molar-refractivity contribution < 1.29 is 8.42 Å². The number of hydrogen-bond donors (Lipinski definition) is 1. The molecule has 4 heterocycles. The third-order valence-electron chi connectivity index (χ3n) is 6.49. The van der Waals surface area contributed by atoms with Crippen molar-refractivity contribution in [3.05, 3.63) is 26.6 Å². The van der Waals surface area contributed by atoms with Crippen molar-refractivity contribution in [1.82, 2.24) is 23.5 Å². The number of rotatable bonds is 4. The first-order valence-corrected chi connectivity index (χ1v) is 13.0. The zero-order valence-corrected chi connectivity index (χ0v) is 19.6. The zero-order chi connectivity index (χ0) is 21.5. The van der Waals surface area contributed by atoms with E-state index in [0.29, 0.717) is 50.5 Å². The number of aromatic amines is 1. The first kappa shape index (κ1) is 21.9. The van der Waals surface area contributed by atoms with Gasteiger partial charge in [0.05, 0.1) is 11.4 Å². The zero-order valence-electron chi connectivity index (χ0n) is 18.0. The largest absolute Gasteiger partial charge is 0.309 e. The van der Waals surface area contributed by atoms with Gasteiger partial charge in [-0.3, -0.25) is 9.69 Å². The number of aryl methyl sites for hydroxylation is 2. The van der Waals surface area contributed by atoms with E-state index in [9.17, 15) is 13.2 Å². The highest BCUT2D eigenvalue weighted by Gasteiger charge is 2.34. The second-order valence-corrected chi connectivity index (χ2v) is 11.5. The topological polar surface area (TPSA) is 89.6 Å². The number of nitrogens with zero attached hydrogens (tertiary/aromatic N) is 4. The molecule has 10 heteroatoms. The van der Waals surface area contributed by atoms with Crippen LogP contribution < -0.4 is 5.56 Å². The summed E-state index contributed by atoms with van der Waals surface area (Å²) in [4.78, 5) is 24.4. The average molecular weight is 454 g/mol. The number of fused-ring (bicyclic) bond motifs is 1. The first-order chi connectivity index (χ1) is 14.3. The molecule has 2 fully saturated rings. The van der Waals surface area contributed by atoms with Crippen molar-refractivity contribution in [2.24, 2.45) is 0 Å². The number of thiophene rings is 1. The van der Waals surface area contributed by atoms with E-state index in [4.69, 9.17) is 4.98 Å². The number of H-pyrrole nitrogens is 1. The highest BCUT2D eigenvalue weighted by molar-refractivity contribution is 7.86. The highest BCUT2D eigenvalue weighted by atomic mass is 32.2. The molecule has 1 unspecified atom stereocenters. The van der Waals surface area contributed by atoms with Gasteiger partial charge in [0.2, 0.25) is 0 Å². The molecule has 0 saturated carbocycles. The molecule has 1 atom stereocenters. The predicted octanol–water partition coefficient (Wildman–Crippen LogP) is 2.40. The quantitative estimate of drug-likeness (QED) is 0.768. The first-order valence-electron chi connectivity index (χ1n) is 10.8. The van der Waals surface area contributed by atoms with Gasteiger partial charge < -0.3 is 4.98 Å². The molecule has 166 valence electrons. The molecule has 0 aliphatic carbocycles. The smallest absolute Gasteiger partial charge is 0.282 e. The summed E-state index contributed by atoms with van der Waals surface area (Å²) in [6.45, 7) is 9.42. The van der Waals surface area contributed by atoms with E-state index in [-0.39, 0.29) is 11.6 Å². The Morgan fingerprint density at radius 2 is 1.57 bits per heavy atom. The van der Waals surface area contributed by atoms with Gasteiger partial charge >= 0.3 is 0 Å². The maximum atomic E-state index is 13.0. The van der Waals surface area contributed by atoms with Crippen LogP contribution in [0.2, 0.25) is 0 Å². The number of nitrogens with one attached hydrogen (secondary N) is 1. The number of piperazine rings is 1. The van der Waals surface area contributed by atoms with Crippen molar-refractivity contribution >= 4 is 31.8 Å². The van der Waals surface area contributed by atoms with E-state index >= 15 is 0 Å². The molecule has 0 aromatic carbocycles. The third kappa shape index (κ3) is 4.08. The standard InChI is InChI=1S/C20H31N5O3S2/c1-14-16(3)29-20-17(14)19(26)21-18(22-20)15(2)23-10-12-25(13-11-23)30(27,28)24-8-6-4-5-7-9-24/h15H,4-13H2,1-3H3,(H,21,22,26). The van der Waals surface area contributed by atoms with Gasteiger partial charge in [0.1, 0.15) is 10.7 Å². The van der Waals surface area contributed by atoms with Crippen molar-refractivity contribution in [3.63, 3.8) is 0 Å². The monoisotopic (exact) mass is 453 g/mol. The fourth-order valence-electron chi connectivity index (χ4n) is 4.40. The van der Waals surface area contributed by atoms with E-state index in [0.717, 1.165) is 41.0 Å². The van der Waals surface area contributed by atoms with Gasteiger partial charge in [-0.2, -0.15) is 17.0 Å². The average Bonchev–Trinajstić information content (AvgIpc) is 2.92. The van der Waals surface area contributed by atoms with Gasteiger partial charge in [-0.05, 0) is 39.2 Å². The number of hydrogen-bond acceptors (Lipinski definition) is 6. The Kier molecular flexibility index (Phi) is 6.32. The minimum absolute atomic E-state index is 0.0761. The molecular formula is C20H31N5O3S2. The van der Waals surface area contributed by atoms with Crippen LogP contribution in [-0.2, 0) is 10.2 Å². The lowest BCUT2D eigenvalue weighted by atomic mass is 10.2. The summed E-state index contributed by atoms with van der Waals surface area (Å²) in [5.74, 6) is 0.651. The normalized spacial score (nSPS) is 21.7. The molecule has 30 heavy (non-hydrogen) atoms. The molecular weight excluding hydrogens is 422 g/mol. The molecule has 0 amide bonds. The summed E-state index contributed by atoms with van der Waals surface area (Å²) in [6, 6.07) is -0.0761. The van der Waals surface area contributed by atoms with Crippen molar-refractivity contribution in [1.29, 1.82) is 0 Å².